The summed E-state index contributed by atoms with van der Waals surface area (Å²) >= 11 is 0. The minimum absolute atomic E-state index is 0.140. The third-order valence-electron chi connectivity index (χ3n) is 7.96. The molecule has 8 heteroatoms. The maximum atomic E-state index is 14.2. The van der Waals surface area contributed by atoms with Crippen LogP contribution >= 0.6 is 0 Å². The highest BCUT2D eigenvalue weighted by molar-refractivity contribution is 5.99. The summed E-state index contributed by atoms with van der Waals surface area (Å²) in [6.45, 7) is 1.67. The number of esters is 1. The zero-order valence-corrected chi connectivity index (χ0v) is 21.2. The van der Waals surface area contributed by atoms with Gasteiger partial charge >= 0.3 is 5.97 Å². The van der Waals surface area contributed by atoms with Gasteiger partial charge in [-0.1, -0.05) is 67.5 Å². The van der Waals surface area contributed by atoms with Crippen LogP contribution in [-0.2, 0) is 30.4 Å². The smallest absolute Gasteiger partial charge is 0.312 e. The minimum Gasteiger partial charge on any atom is -0.465 e. The number of aliphatic hydroxyl groups is 1. The first-order chi connectivity index (χ1) is 18.1. The third-order valence-corrected chi connectivity index (χ3v) is 7.96. The number of ether oxygens (including phenoxy) is 2. The molecule has 0 saturated carbocycles. The van der Waals surface area contributed by atoms with E-state index in [9.17, 15) is 14.4 Å². The SMILES string of the molecule is O=C1OCCC/C=C\[C@H]2OC34C=CCN(Cc5ccccc5)C(=O)[C@H]3N(CCCCCCO)C(=O)[C@@H]4C12. The number of fused-ring (bicyclic) bond motifs is 2. The fraction of sp³-hybridized carbons (Fsp3) is 0.552. The van der Waals surface area contributed by atoms with E-state index in [0.717, 1.165) is 31.2 Å². The van der Waals surface area contributed by atoms with E-state index in [0.29, 0.717) is 39.1 Å². The minimum atomic E-state index is -1.22. The van der Waals surface area contributed by atoms with Crippen molar-refractivity contribution in [3.05, 3.63) is 60.2 Å². The van der Waals surface area contributed by atoms with Crippen molar-refractivity contribution in [2.45, 2.75) is 62.8 Å². The van der Waals surface area contributed by atoms with Crippen molar-refractivity contribution in [1.82, 2.24) is 9.80 Å². The average molecular weight is 509 g/mol. The number of allylic oxidation sites excluding steroid dienone is 1. The number of carbonyl (C=O) groups excluding carboxylic acids is 3. The molecule has 0 radical (unpaired) electrons. The van der Waals surface area contributed by atoms with Gasteiger partial charge in [-0.2, -0.15) is 0 Å². The van der Waals surface area contributed by atoms with Crippen molar-refractivity contribution in [2.75, 3.05) is 26.3 Å². The Bertz CT molecular complexity index is 1060. The average Bonchev–Trinajstić information content (AvgIpc) is 3.31. The van der Waals surface area contributed by atoms with Crippen molar-refractivity contribution in [2.24, 2.45) is 11.8 Å². The number of hydrogen-bond acceptors (Lipinski definition) is 6. The van der Waals surface area contributed by atoms with E-state index in [1.54, 1.807) is 9.80 Å². The molecule has 0 aromatic heterocycles. The molecule has 5 atom stereocenters. The lowest BCUT2D eigenvalue weighted by Crippen LogP contribution is -2.55. The molecular formula is C29H36N2O6. The molecular weight excluding hydrogens is 472 g/mol. The molecule has 2 saturated heterocycles. The summed E-state index contributed by atoms with van der Waals surface area (Å²) in [5.74, 6) is -2.41. The highest BCUT2D eigenvalue weighted by Crippen LogP contribution is 2.53. The molecule has 2 fully saturated rings. The summed E-state index contributed by atoms with van der Waals surface area (Å²) in [6.07, 6.45) is 11.6. The van der Waals surface area contributed by atoms with Crippen LogP contribution in [0.25, 0.3) is 0 Å². The zero-order chi connectivity index (χ0) is 25.8. The Morgan fingerprint density at radius 2 is 1.81 bits per heavy atom. The van der Waals surface area contributed by atoms with E-state index in [1.165, 1.54) is 0 Å². The van der Waals surface area contributed by atoms with E-state index >= 15 is 0 Å². The number of benzene rings is 1. The normalized spacial score (nSPS) is 32.1. The van der Waals surface area contributed by atoms with Crippen molar-refractivity contribution < 1.29 is 29.0 Å². The molecule has 0 bridgehead atoms. The summed E-state index contributed by atoms with van der Waals surface area (Å²) in [5, 5.41) is 9.11. The van der Waals surface area contributed by atoms with Crippen molar-refractivity contribution in [3.63, 3.8) is 0 Å². The van der Waals surface area contributed by atoms with Gasteiger partial charge in [-0.05, 0) is 31.2 Å². The predicted octanol–water partition coefficient (Wildman–Crippen LogP) is 2.61. The van der Waals surface area contributed by atoms with Gasteiger partial charge in [-0.15, -0.1) is 0 Å². The fourth-order valence-corrected chi connectivity index (χ4v) is 6.23. The molecule has 37 heavy (non-hydrogen) atoms. The summed E-state index contributed by atoms with van der Waals surface area (Å²) in [7, 11) is 0. The van der Waals surface area contributed by atoms with Gasteiger partial charge < -0.3 is 24.4 Å². The Morgan fingerprint density at radius 1 is 1.00 bits per heavy atom. The van der Waals surface area contributed by atoms with Crippen LogP contribution in [0.3, 0.4) is 0 Å². The first kappa shape index (κ1) is 25.7. The molecule has 2 amide bonds. The zero-order valence-electron chi connectivity index (χ0n) is 21.2. The van der Waals surface area contributed by atoms with E-state index in [-0.39, 0.29) is 18.4 Å². The molecule has 1 N–H and O–H groups in total. The Labute approximate surface area is 217 Å². The molecule has 5 rings (SSSR count). The van der Waals surface area contributed by atoms with E-state index < -0.39 is 35.6 Å². The van der Waals surface area contributed by atoms with Gasteiger partial charge in [0.05, 0.1) is 18.6 Å². The van der Waals surface area contributed by atoms with Gasteiger partial charge in [0.1, 0.15) is 17.6 Å². The van der Waals surface area contributed by atoms with Crippen LogP contribution in [0.4, 0.5) is 0 Å². The Morgan fingerprint density at radius 3 is 2.62 bits per heavy atom. The van der Waals surface area contributed by atoms with Crippen molar-refractivity contribution >= 4 is 17.8 Å². The fourth-order valence-electron chi connectivity index (χ4n) is 6.23. The number of nitrogens with zero attached hydrogens (tertiary/aromatic N) is 2. The number of amides is 2. The van der Waals surface area contributed by atoms with Crippen LogP contribution < -0.4 is 0 Å². The Hall–Kier alpha value is -2.97. The Balaban J connectivity index is 1.49. The van der Waals surface area contributed by atoms with Gasteiger partial charge in [0.25, 0.3) is 0 Å². The lowest BCUT2D eigenvalue weighted by atomic mass is 9.78. The summed E-state index contributed by atoms with van der Waals surface area (Å²) in [6, 6.07) is 8.95. The van der Waals surface area contributed by atoms with Crippen molar-refractivity contribution in [1.29, 1.82) is 0 Å². The van der Waals surface area contributed by atoms with Gasteiger partial charge in [0.2, 0.25) is 11.8 Å². The van der Waals surface area contributed by atoms with Crippen molar-refractivity contribution in [3.8, 4) is 0 Å². The molecule has 4 heterocycles. The molecule has 8 nitrogen and oxygen atoms in total. The second kappa shape index (κ2) is 11.2. The predicted molar refractivity (Wildman–Crippen MR) is 136 cm³/mol. The number of hydrogen-bond donors (Lipinski definition) is 1. The van der Waals surface area contributed by atoms with E-state index in [4.69, 9.17) is 14.6 Å². The largest absolute Gasteiger partial charge is 0.465 e. The topological polar surface area (TPSA) is 96.4 Å². The Kier molecular flexibility index (Phi) is 7.76. The van der Waals surface area contributed by atoms with E-state index in [1.807, 2.05) is 54.6 Å². The molecule has 198 valence electrons. The molecule has 0 aliphatic carbocycles. The molecule has 1 aromatic rings. The lowest BCUT2D eigenvalue weighted by Gasteiger charge is -2.35. The third kappa shape index (κ3) is 4.84. The quantitative estimate of drug-likeness (QED) is 0.330. The standard InChI is InChI=1S/C29H36N2O6/c32-18-9-2-1-8-17-31-25-27(34)30(20-21-12-5-3-6-13-21)16-11-15-29(25)24(26(31)33)23-22(37-29)14-7-4-10-19-36-28(23)35/h3,5-7,11-15,22-25,32H,1-2,4,8-10,16-20H2/b14-7-/t22-,23?,24+,25-,29?/m1/s1. The number of carbonyl (C=O) groups is 3. The van der Waals surface area contributed by atoms with Crippen LogP contribution in [0.1, 0.15) is 44.1 Å². The maximum Gasteiger partial charge on any atom is 0.312 e. The van der Waals surface area contributed by atoms with Crippen LogP contribution in [-0.4, -0.2) is 76.7 Å². The highest BCUT2D eigenvalue weighted by Gasteiger charge is 2.71. The van der Waals surface area contributed by atoms with Gasteiger partial charge in [0, 0.05) is 26.2 Å². The first-order valence-electron chi connectivity index (χ1n) is 13.5. The molecule has 4 aliphatic rings. The number of aliphatic hydroxyl groups excluding tert-OH is 1. The highest BCUT2D eigenvalue weighted by atomic mass is 16.6. The molecule has 2 unspecified atom stereocenters. The van der Waals surface area contributed by atoms with Gasteiger partial charge in [-0.3, -0.25) is 14.4 Å². The lowest BCUT2D eigenvalue weighted by molar-refractivity contribution is -0.154. The number of cyclic esters (lactones) is 1. The number of likely N-dealkylation sites (tertiary alicyclic amines) is 1. The maximum absolute atomic E-state index is 14.2. The molecule has 4 aliphatic heterocycles. The summed E-state index contributed by atoms with van der Waals surface area (Å²) in [5.41, 5.74) is -0.212. The van der Waals surface area contributed by atoms with Gasteiger partial charge in [-0.25, -0.2) is 0 Å². The van der Waals surface area contributed by atoms with Gasteiger partial charge in [0.15, 0.2) is 0 Å². The van der Waals surface area contributed by atoms with Crippen LogP contribution in [0.2, 0.25) is 0 Å². The van der Waals surface area contributed by atoms with Crippen LogP contribution in [0.15, 0.2) is 54.6 Å². The second-order valence-corrected chi connectivity index (χ2v) is 10.4. The molecule has 1 aromatic carbocycles. The first-order valence-corrected chi connectivity index (χ1v) is 13.5. The van der Waals surface area contributed by atoms with Crippen LogP contribution in [0.5, 0.6) is 0 Å². The number of unbranched alkanes of at least 4 members (excludes halogenated alkanes) is 3. The second-order valence-electron chi connectivity index (χ2n) is 10.4. The molecule has 1 spiro atoms. The van der Waals surface area contributed by atoms with Crippen LogP contribution in [0, 0.1) is 11.8 Å². The summed E-state index contributed by atoms with van der Waals surface area (Å²) < 4.78 is 12.2. The van der Waals surface area contributed by atoms with E-state index in [2.05, 4.69) is 0 Å². The monoisotopic (exact) mass is 508 g/mol. The number of rotatable bonds is 8. The summed E-state index contributed by atoms with van der Waals surface area (Å²) in [4.78, 5) is 44.9.